The number of nitriles is 1. The van der Waals surface area contributed by atoms with E-state index in [2.05, 4.69) is 25.5 Å². The van der Waals surface area contributed by atoms with Gasteiger partial charge in [0.25, 0.3) is 0 Å². The topological polar surface area (TPSA) is 120 Å². The molecule has 0 saturated carbocycles. The van der Waals surface area contributed by atoms with Crippen LogP contribution in [0, 0.1) is 11.3 Å². The van der Waals surface area contributed by atoms with Crippen LogP contribution in [0.2, 0.25) is 0 Å². The molecule has 0 spiro atoms. The van der Waals surface area contributed by atoms with E-state index in [1.165, 1.54) is 7.11 Å². The van der Waals surface area contributed by atoms with Crippen LogP contribution in [0.1, 0.15) is 25.0 Å². The van der Waals surface area contributed by atoms with Crippen LogP contribution >= 0.6 is 0 Å². The minimum Gasteiger partial charge on any atom is -0.507 e. The van der Waals surface area contributed by atoms with Gasteiger partial charge in [-0.05, 0) is 43.0 Å². The molecule has 0 radical (unpaired) electrons. The summed E-state index contributed by atoms with van der Waals surface area (Å²) in [6.45, 7) is 0. The number of alkyl halides is 1. The van der Waals surface area contributed by atoms with Crippen LogP contribution in [0.4, 0.5) is 10.2 Å². The number of ether oxygens (including phenoxy) is 1. The molecule has 2 saturated heterocycles. The highest BCUT2D eigenvalue weighted by atomic mass is 19.1. The molecule has 174 valence electrons. The quantitative estimate of drug-likeness (QED) is 0.591. The van der Waals surface area contributed by atoms with Gasteiger partial charge in [-0.3, -0.25) is 0 Å². The highest BCUT2D eigenvalue weighted by Gasteiger charge is 2.43. The van der Waals surface area contributed by atoms with Crippen molar-refractivity contribution in [2.24, 2.45) is 0 Å². The van der Waals surface area contributed by atoms with Crippen molar-refractivity contribution in [1.29, 1.82) is 5.26 Å². The highest BCUT2D eigenvalue weighted by molar-refractivity contribution is 5.73. The Kier molecular flexibility index (Phi) is 5.71. The maximum Gasteiger partial charge on any atom is 0.185 e. The number of aromatic hydroxyl groups is 1. The van der Waals surface area contributed by atoms with Gasteiger partial charge in [-0.25, -0.2) is 14.4 Å². The Bertz CT molecular complexity index is 1250. The lowest BCUT2D eigenvalue weighted by Crippen LogP contribution is -2.55. The zero-order valence-corrected chi connectivity index (χ0v) is 18.8. The third kappa shape index (κ3) is 3.88. The summed E-state index contributed by atoms with van der Waals surface area (Å²) >= 11 is 0. The van der Waals surface area contributed by atoms with Crippen LogP contribution in [-0.4, -0.2) is 63.7 Å². The van der Waals surface area contributed by atoms with Gasteiger partial charge < -0.3 is 20.1 Å². The minimum absolute atomic E-state index is 0.0255. The molecule has 3 aromatic rings. The number of hydrogen-bond acceptors (Lipinski definition) is 9. The van der Waals surface area contributed by atoms with Crippen LogP contribution in [0.25, 0.3) is 22.5 Å². The van der Waals surface area contributed by atoms with Crippen molar-refractivity contribution in [3.63, 3.8) is 0 Å². The number of benzene rings is 1. The molecule has 2 aliphatic heterocycles. The SMILES string of the molecule is COc1cc(-c2ccc(-c3ncc(N(C)[C@@H]4C[C@H]5CC[C@@H](N5)[C@@H]4F)nn3)c(O)c2)cnc1C#N. The summed E-state index contributed by atoms with van der Waals surface area (Å²) in [6, 6.07) is 8.68. The number of halogens is 1. The van der Waals surface area contributed by atoms with Crippen molar-refractivity contribution in [1.82, 2.24) is 25.5 Å². The fraction of sp³-hybridized carbons (Fsp3) is 0.375. The molecule has 2 aromatic heterocycles. The van der Waals surface area contributed by atoms with Crippen molar-refractivity contribution in [2.45, 2.75) is 43.6 Å². The van der Waals surface area contributed by atoms with E-state index in [1.54, 1.807) is 36.7 Å². The Balaban J connectivity index is 1.36. The van der Waals surface area contributed by atoms with Crippen molar-refractivity contribution in [3.05, 3.63) is 42.4 Å². The van der Waals surface area contributed by atoms with E-state index in [0.29, 0.717) is 34.3 Å². The number of methoxy groups -OCH3 is 1. The standard InChI is InChI=1S/C24H24FN7O2/c1-32(19-9-15-4-6-17(29-15)23(19)25)22-12-28-24(31-30-22)16-5-3-13(7-20(16)33)14-8-21(34-2)18(10-26)27-11-14/h3,5,7-8,11-12,15,17,19,23,29,33H,4,6,9H2,1-2H3/t15-,17-,19-,23+/m1/s1. The summed E-state index contributed by atoms with van der Waals surface area (Å²) in [5.74, 6) is 1.08. The molecule has 34 heavy (non-hydrogen) atoms. The third-order valence-electron chi connectivity index (χ3n) is 6.71. The first-order valence-electron chi connectivity index (χ1n) is 11.1. The minimum atomic E-state index is -0.975. The second-order valence-corrected chi connectivity index (χ2v) is 8.66. The van der Waals surface area contributed by atoms with Crippen LogP contribution in [0.15, 0.2) is 36.7 Å². The average Bonchev–Trinajstić information content (AvgIpc) is 3.28. The summed E-state index contributed by atoms with van der Waals surface area (Å²) in [5.41, 5.74) is 1.98. The summed E-state index contributed by atoms with van der Waals surface area (Å²) in [6.07, 6.45) is 4.70. The molecule has 2 bridgehead atoms. The number of phenols is 1. The van der Waals surface area contributed by atoms with Gasteiger partial charge in [0, 0.05) is 30.9 Å². The van der Waals surface area contributed by atoms with E-state index in [-0.39, 0.29) is 29.4 Å². The molecule has 4 atom stereocenters. The second-order valence-electron chi connectivity index (χ2n) is 8.66. The van der Waals surface area contributed by atoms with Crippen LogP contribution in [0.3, 0.4) is 0 Å². The molecule has 0 unspecified atom stereocenters. The van der Waals surface area contributed by atoms with Gasteiger partial charge in [0.15, 0.2) is 23.1 Å². The normalized spacial score (nSPS) is 23.4. The predicted octanol–water partition coefficient (Wildman–Crippen LogP) is 2.85. The lowest BCUT2D eigenvalue weighted by molar-refractivity contribution is 0.176. The molecule has 1 aromatic carbocycles. The summed E-state index contributed by atoms with van der Waals surface area (Å²) in [5, 5.41) is 31.5. The van der Waals surface area contributed by atoms with Crippen molar-refractivity contribution in [2.75, 3.05) is 19.1 Å². The van der Waals surface area contributed by atoms with Gasteiger partial charge in [0.1, 0.15) is 18.0 Å². The van der Waals surface area contributed by atoms with E-state index >= 15 is 0 Å². The third-order valence-corrected chi connectivity index (χ3v) is 6.71. The van der Waals surface area contributed by atoms with Crippen molar-refractivity contribution in [3.8, 4) is 40.1 Å². The molecule has 2 fully saturated rings. The van der Waals surface area contributed by atoms with Crippen molar-refractivity contribution >= 4 is 5.82 Å². The molecule has 2 aliphatic rings. The van der Waals surface area contributed by atoms with Crippen molar-refractivity contribution < 1.29 is 14.2 Å². The lowest BCUT2D eigenvalue weighted by atomic mass is 9.96. The number of phenolic OH excluding ortho intramolecular Hbond substituents is 1. The lowest BCUT2D eigenvalue weighted by Gasteiger charge is -2.38. The molecule has 0 aliphatic carbocycles. The molecular formula is C24H24FN7O2. The maximum atomic E-state index is 14.9. The second kappa shape index (κ2) is 8.83. The van der Waals surface area contributed by atoms with E-state index < -0.39 is 6.17 Å². The maximum absolute atomic E-state index is 14.9. The number of anilines is 1. The van der Waals surface area contributed by atoms with Crippen LogP contribution in [-0.2, 0) is 0 Å². The Morgan fingerprint density at radius 1 is 1.18 bits per heavy atom. The zero-order chi connectivity index (χ0) is 23.8. The molecule has 0 amide bonds. The summed E-state index contributed by atoms with van der Waals surface area (Å²) in [4.78, 5) is 10.3. The van der Waals surface area contributed by atoms with Crippen LogP contribution in [0.5, 0.6) is 11.5 Å². The van der Waals surface area contributed by atoms with Gasteiger partial charge >= 0.3 is 0 Å². The fourth-order valence-corrected chi connectivity index (χ4v) is 4.81. The van der Waals surface area contributed by atoms with E-state index in [4.69, 9.17) is 10.00 Å². The van der Waals surface area contributed by atoms with E-state index in [1.807, 2.05) is 18.0 Å². The number of piperidine rings is 1. The highest BCUT2D eigenvalue weighted by Crippen LogP contribution is 2.35. The monoisotopic (exact) mass is 461 g/mol. The number of pyridine rings is 1. The molecular weight excluding hydrogens is 437 g/mol. The smallest absolute Gasteiger partial charge is 0.185 e. The first kappa shape index (κ1) is 22.0. The van der Waals surface area contributed by atoms with Gasteiger partial charge in [-0.15, -0.1) is 10.2 Å². The number of rotatable bonds is 5. The number of nitrogens with one attached hydrogen (secondary N) is 1. The summed E-state index contributed by atoms with van der Waals surface area (Å²) in [7, 11) is 3.29. The molecule has 10 heteroatoms. The molecule has 4 heterocycles. The number of hydrogen-bond donors (Lipinski definition) is 2. The molecule has 9 nitrogen and oxygen atoms in total. The first-order valence-corrected chi connectivity index (χ1v) is 11.1. The Morgan fingerprint density at radius 3 is 2.74 bits per heavy atom. The first-order chi connectivity index (χ1) is 16.5. The van der Waals surface area contributed by atoms with E-state index in [0.717, 1.165) is 19.3 Å². The number of aromatic nitrogens is 4. The van der Waals surface area contributed by atoms with E-state index in [9.17, 15) is 9.50 Å². The molecule has 5 rings (SSSR count). The Hall–Kier alpha value is -3.84. The largest absolute Gasteiger partial charge is 0.507 e. The zero-order valence-electron chi connectivity index (χ0n) is 18.8. The molecule has 2 N–H and O–H groups in total. The fourth-order valence-electron chi connectivity index (χ4n) is 4.81. The summed E-state index contributed by atoms with van der Waals surface area (Å²) < 4.78 is 20.1. The van der Waals surface area contributed by atoms with Crippen LogP contribution < -0.4 is 15.0 Å². The Labute approximate surface area is 196 Å². The van der Waals surface area contributed by atoms with Gasteiger partial charge in [0.05, 0.1) is 24.9 Å². The number of fused-ring (bicyclic) bond motifs is 2. The van der Waals surface area contributed by atoms with Gasteiger partial charge in [-0.2, -0.15) is 5.26 Å². The predicted molar refractivity (Wildman–Crippen MR) is 123 cm³/mol. The van der Waals surface area contributed by atoms with Gasteiger partial charge in [0.2, 0.25) is 0 Å². The average molecular weight is 462 g/mol. The van der Waals surface area contributed by atoms with Gasteiger partial charge in [-0.1, -0.05) is 6.07 Å². The number of nitrogens with zero attached hydrogens (tertiary/aromatic N) is 6. The Morgan fingerprint density at radius 2 is 2.03 bits per heavy atom.